The van der Waals surface area contributed by atoms with Crippen LogP contribution in [0.2, 0.25) is 10.0 Å². The molecule has 0 unspecified atom stereocenters. The molecule has 5 nitrogen and oxygen atoms in total. The molecule has 0 radical (unpaired) electrons. The Hall–Kier alpha value is -1.63. The van der Waals surface area contributed by atoms with Gasteiger partial charge >= 0.3 is 0 Å². The lowest BCUT2D eigenvalue weighted by atomic mass is 10.2. The second kappa shape index (κ2) is 6.70. The molecule has 2 aromatic heterocycles. The van der Waals surface area contributed by atoms with Gasteiger partial charge in [-0.05, 0) is 43.8 Å². The molecule has 8 heteroatoms. The second-order valence-corrected chi connectivity index (χ2v) is 6.78. The third-order valence-electron chi connectivity index (χ3n) is 3.96. The van der Waals surface area contributed by atoms with E-state index in [9.17, 15) is 0 Å². The highest BCUT2D eigenvalue weighted by Gasteiger charge is 2.18. The van der Waals surface area contributed by atoms with Gasteiger partial charge in [0.15, 0.2) is 4.77 Å². The number of aryl methyl sites for hydroxylation is 2. The van der Waals surface area contributed by atoms with E-state index in [1.165, 1.54) is 0 Å². The molecule has 3 aromatic rings. The average Bonchev–Trinajstić information content (AvgIpc) is 3.02. The zero-order chi connectivity index (χ0) is 17.4. The topological polar surface area (TPSA) is 51.4 Å². The lowest BCUT2D eigenvalue weighted by Gasteiger charge is -2.09. The fraction of sp³-hybridized carbons (Fsp3) is 0.312. The first-order chi connectivity index (χ1) is 11.4. The molecule has 0 saturated carbocycles. The highest BCUT2D eigenvalue weighted by atomic mass is 35.5. The molecule has 0 bridgehead atoms. The molecular weight excluding hydrogens is 365 g/mol. The number of aromatic amines is 1. The summed E-state index contributed by atoms with van der Waals surface area (Å²) in [7, 11) is 0. The van der Waals surface area contributed by atoms with Crippen LogP contribution >= 0.6 is 35.4 Å². The highest BCUT2D eigenvalue weighted by molar-refractivity contribution is 7.71. The SMILES string of the molecule is CCc1n[nH]c(=S)n1-c1c(C)nn(Cc2ccc(Cl)cc2Cl)c1C. The summed E-state index contributed by atoms with van der Waals surface area (Å²) < 4.78 is 4.45. The largest absolute Gasteiger partial charge is 0.268 e. The normalized spacial score (nSPS) is 11.2. The smallest absolute Gasteiger partial charge is 0.199 e. The van der Waals surface area contributed by atoms with E-state index in [1.807, 2.05) is 42.2 Å². The minimum Gasteiger partial charge on any atom is -0.268 e. The van der Waals surface area contributed by atoms with Crippen LogP contribution in [-0.2, 0) is 13.0 Å². The minimum atomic E-state index is 0.565. The second-order valence-electron chi connectivity index (χ2n) is 5.55. The van der Waals surface area contributed by atoms with Gasteiger partial charge in [0.05, 0.1) is 23.6 Å². The van der Waals surface area contributed by atoms with Crippen molar-refractivity contribution < 1.29 is 0 Å². The Labute approximate surface area is 155 Å². The van der Waals surface area contributed by atoms with Crippen molar-refractivity contribution in [1.29, 1.82) is 0 Å². The van der Waals surface area contributed by atoms with Crippen molar-refractivity contribution in [3.05, 3.63) is 55.8 Å². The van der Waals surface area contributed by atoms with Gasteiger partial charge in [0.1, 0.15) is 5.82 Å². The summed E-state index contributed by atoms with van der Waals surface area (Å²) in [5.41, 5.74) is 3.83. The number of rotatable bonds is 4. The van der Waals surface area contributed by atoms with E-state index in [2.05, 4.69) is 15.3 Å². The summed E-state index contributed by atoms with van der Waals surface area (Å²) in [6.07, 6.45) is 0.778. The molecule has 0 spiro atoms. The first kappa shape index (κ1) is 17.2. The van der Waals surface area contributed by atoms with E-state index in [1.54, 1.807) is 6.07 Å². The Morgan fingerprint density at radius 1 is 1.25 bits per heavy atom. The third-order valence-corrected chi connectivity index (χ3v) is 4.82. The van der Waals surface area contributed by atoms with E-state index >= 15 is 0 Å². The summed E-state index contributed by atoms with van der Waals surface area (Å²) >= 11 is 17.6. The molecule has 0 aliphatic heterocycles. The van der Waals surface area contributed by atoms with Crippen LogP contribution in [0.15, 0.2) is 18.2 Å². The molecular formula is C16H17Cl2N5S. The zero-order valence-corrected chi connectivity index (χ0v) is 15.9. The van der Waals surface area contributed by atoms with Crippen LogP contribution in [0.4, 0.5) is 0 Å². The average molecular weight is 382 g/mol. The van der Waals surface area contributed by atoms with Gasteiger partial charge in [0.25, 0.3) is 0 Å². The molecule has 1 N–H and O–H groups in total. The number of halogens is 2. The number of benzene rings is 1. The van der Waals surface area contributed by atoms with Crippen molar-refractivity contribution in [2.24, 2.45) is 0 Å². The fourth-order valence-corrected chi connectivity index (χ4v) is 3.48. The van der Waals surface area contributed by atoms with Crippen LogP contribution < -0.4 is 0 Å². The Morgan fingerprint density at radius 2 is 2.00 bits per heavy atom. The monoisotopic (exact) mass is 381 g/mol. The van der Waals surface area contributed by atoms with Crippen LogP contribution in [0.3, 0.4) is 0 Å². The third kappa shape index (κ3) is 3.01. The maximum atomic E-state index is 6.29. The number of hydrogen-bond acceptors (Lipinski definition) is 3. The standard InChI is InChI=1S/C16H17Cl2N5S/c1-4-14-19-20-16(24)23(14)15-9(2)21-22(10(15)3)8-11-5-6-12(17)7-13(11)18/h5-7H,4,8H2,1-3H3,(H,20,24). The van der Waals surface area contributed by atoms with Gasteiger partial charge in [-0.1, -0.05) is 36.2 Å². The molecule has 0 atom stereocenters. The van der Waals surface area contributed by atoms with Crippen LogP contribution in [0.25, 0.3) is 5.69 Å². The molecule has 0 aliphatic carbocycles. The van der Waals surface area contributed by atoms with Crippen LogP contribution in [-0.4, -0.2) is 24.5 Å². The van der Waals surface area contributed by atoms with Gasteiger partial charge in [-0.25, -0.2) is 0 Å². The Morgan fingerprint density at radius 3 is 2.67 bits per heavy atom. The lowest BCUT2D eigenvalue weighted by molar-refractivity contribution is 0.658. The zero-order valence-electron chi connectivity index (χ0n) is 13.6. The van der Waals surface area contributed by atoms with Crippen molar-refractivity contribution in [1.82, 2.24) is 24.5 Å². The predicted octanol–water partition coefficient (Wildman–Crippen LogP) is 4.66. The van der Waals surface area contributed by atoms with E-state index in [0.717, 1.165) is 34.9 Å². The van der Waals surface area contributed by atoms with Crippen molar-refractivity contribution in [3.63, 3.8) is 0 Å². The number of nitrogens with zero attached hydrogens (tertiary/aromatic N) is 4. The van der Waals surface area contributed by atoms with Gasteiger partial charge in [-0.15, -0.1) is 0 Å². The molecule has 24 heavy (non-hydrogen) atoms. The molecule has 0 amide bonds. The maximum absolute atomic E-state index is 6.29. The first-order valence-electron chi connectivity index (χ1n) is 7.57. The summed E-state index contributed by atoms with van der Waals surface area (Å²) in [5, 5.41) is 13.0. The van der Waals surface area contributed by atoms with Gasteiger partial charge in [-0.3, -0.25) is 14.3 Å². The van der Waals surface area contributed by atoms with E-state index in [0.29, 0.717) is 21.4 Å². The molecule has 3 rings (SSSR count). The summed E-state index contributed by atoms with van der Waals surface area (Å²) in [5.74, 6) is 0.885. The van der Waals surface area contributed by atoms with Gasteiger partial charge < -0.3 is 0 Å². The number of hydrogen-bond donors (Lipinski definition) is 1. The molecule has 0 aliphatic rings. The summed E-state index contributed by atoms with van der Waals surface area (Å²) in [6, 6.07) is 5.49. The summed E-state index contributed by atoms with van der Waals surface area (Å²) in [4.78, 5) is 0. The number of H-pyrrole nitrogens is 1. The molecule has 2 heterocycles. The Kier molecular flexibility index (Phi) is 4.80. The van der Waals surface area contributed by atoms with Crippen LogP contribution in [0.1, 0.15) is 29.7 Å². The van der Waals surface area contributed by atoms with Crippen molar-refractivity contribution in [3.8, 4) is 5.69 Å². The van der Waals surface area contributed by atoms with E-state index < -0.39 is 0 Å². The van der Waals surface area contributed by atoms with Crippen LogP contribution in [0.5, 0.6) is 0 Å². The fourth-order valence-electron chi connectivity index (χ4n) is 2.77. The van der Waals surface area contributed by atoms with Crippen molar-refractivity contribution in [2.75, 3.05) is 0 Å². The number of aromatic nitrogens is 5. The van der Waals surface area contributed by atoms with Crippen molar-refractivity contribution >= 4 is 35.4 Å². The predicted molar refractivity (Wildman–Crippen MR) is 98.9 cm³/mol. The van der Waals surface area contributed by atoms with Gasteiger partial charge in [0, 0.05) is 16.5 Å². The lowest BCUT2D eigenvalue weighted by Crippen LogP contribution is -2.06. The van der Waals surface area contributed by atoms with E-state index in [4.69, 9.17) is 35.4 Å². The van der Waals surface area contributed by atoms with Crippen molar-refractivity contribution in [2.45, 2.75) is 33.7 Å². The molecule has 1 aromatic carbocycles. The quantitative estimate of drug-likeness (QED) is 0.668. The summed E-state index contributed by atoms with van der Waals surface area (Å²) in [6.45, 7) is 6.60. The van der Waals surface area contributed by atoms with Gasteiger partial charge in [-0.2, -0.15) is 10.2 Å². The first-order valence-corrected chi connectivity index (χ1v) is 8.73. The molecule has 0 fully saturated rings. The van der Waals surface area contributed by atoms with E-state index in [-0.39, 0.29) is 0 Å². The van der Waals surface area contributed by atoms with Crippen LogP contribution in [0, 0.1) is 18.6 Å². The number of nitrogens with one attached hydrogen (secondary N) is 1. The highest BCUT2D eigenvalue weighted by Crippen LogP contribution is 2.25. The maximum Gasteiger partial charge on any atom is 0.199 e. The Bertz CT molecular complexity index is 954. The minimum absolute atomic E-state index is 0.565. The molecule has 0 saturated heterocycles. The van der Waals surface area contributed by atoms with Gasteiger partial charge in [0.2, 0.25) is 0 Å². The molecule has 126 valence electrons. The Balaban J connectivity index is 2.07.